The molecule has 2 heterocycles. The van der Waals surface area contributed by atoms with Gasteiger partial charge in [-0.3, -0.25) is 0 Å². The summed E-state index contributed by atoms with van der Waals surface area (Å²) in [5, 5.41) is 0. The Hall–Kier alpha value is -2.16. The highest BCUT2D eigenvalue weighted by Gasteiger charge is 2.35. The smallest absolute Gasteiger partial charge is 0.214 e. The number of anilines is 1. The molecule has 2 aromatic carbocycles. The minimum atomic E-state index is -3.40. The third-order valence-corrected chi connectivity index (χ3v) is 8.15. The van der Waals surface area contributed by atoms with Crippen LogP contribution < -0.4 is 4.90 Å². The van der Waals surface area contributed by atoms with E-state index in [1.807, 2.05) is 43.5 Å². The average Bonchev–Trinajstić information content (AvgIpc) is 3.19. The number of aromatic nitrogens is 2. The predicted molar refractivity (Wildman–Crippen MR) is 127 cm³/mol. The Morgan fingerprint density at radius 3 is 2.71 bits per heavy atom. The molecule has 0 unspecified atom stereocenters. The molecule has 0 spiro atoms. The van der Waals surface area contributed by atoms with E-state index in [0.717, 1.165) is 27.0 Å². The molecule has 0 saturated heterocycles. The number of aromatic amines is 1. The van der Waals surface area contributed by atoms with Crippen LogP contribution in [0.5, 0.6) is 0 Å². The highest BCUT2D eigenvalue weighted by atomic mass is 79.9. The summed E-state index contributed by atoms with van der Waals surface area (Å²) in [6.45, 7) is 3.49. The molecule has 0 bridgehead atoms. The Morgan fingerprint density at radius 2 is 2.00 bits per heavy atom. The lowest BCUT2D eigenvalue weighted by Gasteiger charge is -2.32. The first kappa shape index (κ1) is 22.0. The molecule has 0 aliphatic carbocycles. The van der Waals surface area contributed by atoms with Gasteiger partial charge in [-0.1, -0.05) is 53.2 Å². The van der Waals surface area contributed by atoms with E-state index in [0.29, 0.717) is 32.5 Å². The first-order chi connectivity index (χ1) is 15.0. The van der Waals surface area contributed by atoms with Gasteiger partial charge in [0, 0.05) is 35.5 Å². The van der Waals surface area contributed by atoms with Gasteiger partial charge in [0.05, 0.1) is 24.3 Å². The van der Waals surface area contributed by atoms with E-state index in [2.05, 4.69) is 49.0 Å². The molecule has 8 heteroatoms. The van der Waals surface area contributed by atoms with Crippen LogP contribution in [0.1, 0.15) is 30.2 Å². The van der Waals surface area contributed by atoms with Gasteiger partial charge >= 0.3 is 0 Å². The summed E-state index contributed by atoms with van der Waals surface area (Å²) in [5.41, 5.74) is 4.12. The van der Waals surface area contributed by atoms with Gasteiger partial charge in [0.25, 0.3) is 0 Å². The van der Waals surface area contributed by atoms with E-state index in [9.17, 15) is 8.42 Å². The van der Waals surface area contributed by atoms with E-state index in [1.54, 1.807) is 10.6 Å². The largest absolute Gasteiger partial charge is 0.364 e. The number of imidazole rings is 1. The SMILES string of the molecule is CCCS(=O)(=O)N1Cc2cc(Br)ccc2N(Cc2c[nH]cn2)C[C@H]1Cc1ccccc1. The minimum Gasteiger partial charge on any atom is -0.364 e. The Morgan fingerprint density at radius 1 is 1.19 bits per heavy atom. The molecule has 0 amide bonds. The van der Waals surface area contributed by atoms with Crippen molar-refractivity contribution in [3.05, 3.63) is 82.3 Å². The van der Waals surface area contributed by atoms with Crippen LogP contribution in [0.2, 0.25) is 0 Å². The van der Waals surface area contributed by atoms with Crippen LogP contribution in [-0.4, -0.2) is 41.0 Å². The number of nitrogens with zero attached hydrogens (tertiary/aromatic N) is 3. The van der Waals surface area contributed by atoms with Crippen molar-refractivity contribution in [3.8, 4) is 0 Å². The summed E-state index contributed by atoms with van der Waals surface area (Å²) < 4.78 is 29.3. The fourth-order valence-corrected chi connectivity index (χ4v) is 6.30. The number of rotatable bonds is 7. The molecular weight excluding hydrogens is 476 g/mol. The van der Waals surface area contributed by atoms with Crippen LogP contribution in [-0.2, 0) is 29.5 Å². The summed E-state index contributed by atoms with van der Waals surface area (Å²) in [4.78, 5) is 9.67. The van der Waals surface area contributed by atoms with Gasteiger partial charge < -0.3 is 9.88 Å². The normalized spacial score (nSPS) is 17.4. The second-order valence-electron chi connectivity index (χ2n) is 7.92. The van der Waals surface area contributed by atoms with E-state index >= 15 is 0 Å². The van der Waals surface area contributed by atoms with Crippen molar-refractivity contribution in [2.45, 2.75) is 38.9 Å². The zero-order valence-electron chi connectivity index (χ0n) is 17.5. The highest BCUT2D eigenvalue weighted by molar-refractivity contribution is 9.10. The van der Waals surface area contributed by atoms with Crippen LogP contribution in [0.4, 0.5) is 5.69 Å². The summed E-state index contributed by atoms with van der Waals surface area (Å²) >= 11 is 3.56. The van der Waals surface area contributed by atoms with Crippen LogP contribution in [0.3, 0.4) is 0 Å². The Bertz CT molecular complexity index is 1100. The standard InChI is InChI=1S/C23H27BrN4O2S/c1-2-10-31(29,30)28-14-19-12-20(24)8-9-23(19)27(15-21-13-25-17-26-21)16-22(28)11-18-6-4-3-5-7-18/h3-9,12-13,17,22H,2,10-11,14-16H2,1H3,(H,25,26)/t22-/m1/s1. The minimum absolute atomic E-state index is 0.154. The lowest BCUT2D eigenvalue weighted by atomic mass is 10.1. The molecular formula is C23H27BrN4O2S. The van der Waals surface area contributed by atoms with Gasteiger partial charge in [-0.2, -0.15) is 4.31 Å². The summed E-state index contributed by atoms with van der Waals surface area (Å²) in [5.74, 6) is 0.154. The second-order valence-corrected chi connectivity index (χ2v) is 10.9. The zero-order chi connectivity index (χ0) is 21.8. The lowest BCUT2D eigenvalue weighted by molar-refractivity contribution is 0.317. The molecule has 0 radical (unpaired) electrons. The maximum absolute atomic E-state index is 13.3. The van der Waals surface area contributed by atoms with E-state index < -0.39 is 10.0 Å². The van der Waals surface area contributed by atoms with Crippen molar-refractivity contribution in [3.63, 3.8) is 0 Å². The fourth-order valence-electron chi connectivity index (χ4n) is 4.21. The number of halogens is 1. The first-order valence-electron chi connectivity index (χ1n) is 10.5. The molecule has 1 aliphatic rings. The quantitative estimate of drug-likeness (QED) is 0.521. The highest BCUT2D eigenvalue weighted by Crippen LogP contribution is 2.33. The molecule has 31 heavy (non-hydrogen) atoms. The molecule has 3 aromatic rings. The summed E-state index contributed by atoms with van der Waals surface area (Å²) in [6, 6.07) is 16.1. The average molecular weight is 503 g/mol. The molecule has 6 nitrogen and oxygen atoms in total. The summed E-state index contributed by atoms with van der Waals surface area (Å²) in [6.07, 6.45) is 4.82. The maximum atomic E-state index is 13.3. The van der Waals surface area contributed by atoms with E-state index in [4.69, 9.17) is 0 Å². The van der Waals surface area contributed by atoms with Gasteiger partial charge in [0.2, 0.25) is 10.0 Å². The van der Waals surface area contributed by atoms with Gasteiger partial charge in [0.1, 0.15) is 0 Å². The summed E-state index contributed by atoms with van der Waals surface area (Å²) in [7, 11) is -3.40. The predicted octanol–water partition coefficient (Wildman–Crippen LogP) is 4.35. The van der Waals surface area contributed by atoms with Crippen molar-refractivity contribution in [1.82, 2.24) is 14.3 Å². The topological polar surface area (TPSA) is 69.3 Å². The third-order valence-electron chi connectivity index (χ3n) is 5.59. The Kier molecular flexibility index (Phi) is 6.79. The van der Waals surface area contributed by atoms with Crippen LogP contribution >= 0.6 is 15.9 Å². The van der Waals surface area contributed by atoms with Crippen molar-refractivity contribution >= 4 is 31.6 Å². The lowest BCUT2D eigenvalue weighted by Crippen LogP contribution is -2.46. The molecule has 164 valence electrons. The first-order valence-corrected chi connectivity index (χ1v) is 12.9. The number of hydrogen-bond donors (Lipinski definition) is 1. The number of hydrogen-bond acceptors (Lipinski definition) is 4. The molecule has 1 atom stereocenters. The molecule has 1 aromatic heterocycles. The van der Waals surface area contributed by atoms with Gasteiger partial charge in [0.15, 0.2) is 0 Å². The van der Waals surface area contributed by atoms with Gasteiger partial charge in [-0.25, -0.2) is 13.4 Å². The molecule has 0 fully saturated rings. The Balaban J connectivity index is 1.77. The molecule has 1 N–H and O–H groups in total. The Labute approximate surface area is 192 Å². The van der Waals surface area contributed by atoms with Crippen LogP contribution in [0.15, 0.2) is 65.5 Å². The van der Waals surface area contributed by atoms with Crippen molar-refractivity contribution in [2.24, 2.45) is 0 Å². The maximum Gasteiger partial charge on any atom is 0.214 e. The molecule has 4 rings (SSSR count). The second kappa shape index (κ2) is 9.54. The molecule has 0 saturated carbocycles. The van der Waals surface area contributed by atoms with Crippen molar-refractivity contribution in [1.29, 1.82) is 0 Å². The number of fused-ring (bicyclic) bond motifs is 1. The number of sulfonamides is 1. The number of H-pyrrole nitrogens is 1. The third kappa shape index (κ3) is 5.19. The van der Waals surface area contributed by atoms with E-state index in [1.165, 1.54) is 0 Å². The van der Waals surface area contributed by atoms with Crippen LogP contribution in [0.25, 0.3) is 0 Å². The zero-order valence-corrected chi connectivity index (χ0v) is 19.9. The fraction of sp³-hybridized carbons (Fsp3) is 0.348. The number of nitrogens with one attached hydrogen (secondary N) is 1. The van der Waals surface area contributed by atoms with E-state index in [-0.39, 0.29) is 11.8 Å². The monoisotopic (exact) mass is 502 g/mol. The van der Waals surface area contributed by atoms with Gasteiger partial charge in [-0.15, -0.1) is 0 Å². The van der Waals surface area contributed by atoms with Crippen molar-refractivity contribution < 1.29 is 8.42 Å². The molecule has 1 aliphatic heterocycles. The van der Waals surface area contributed by atoms with Gasteiger partial charge in [-0.05, 0) is 42.2 Å². The van der Waals surface area contributed by atoms with Crippen molar-refractivity contribution in [2.75, 3.05) is 17.2 Å². The van der Waals surface area contributed by atoms with Crippen LogP contribution in [0, 0.1) is 0 Å². The number of benzene rings is 2.